The summed E-state index contributed by atoms with van der Waals surface area (Å²) in [6, 6.07) is 14.7. The van der Waals surface area contributed by atoms with Crippen molar-refractivity contribution >= 4 is 30.1 Å². The molecule has 0 N–H and O–H groups in total. The Kier molecular flexibility index (Phi) is 6.51. The van der Waals surface area contributed by atoms with Gasteiger partial charge in [-0.25, -0.2) is 4.31 Å². The van der Waals surface area contributed by atoms with Crippen molar-refractivity contribution in [3.05, 3.63) is 59.3 Å². The fraction of sp³-hybridized carbons (Fsp3) is 0.348. The summed E-state index contributed by atoms with van der Waals surface area (Å²) in [6.07, 6.45) is 6.68. The maximum absolute atomic E-state index is 9.28. The summed E-state index contributed by atoms with van der Waals surface area (Å²) in [5, 5.41) is 9.89. The third-order valence-electron chi connectivity index (χ3n) is 5.36. The van der Waals surface area contributed by atoms with Crippen molar-refractivity contribution in [2.75, 3.05) is 27.2 Å². The topological polar surface area (TPSA) is 39.5 Å². The molecule has 0 spiro atoms. The zero-order valence-electron chi connectivity index (χ0n) is 16.8. The van der Waals surface area contributed by atoms with Crippen LogP contribution in [0.4, 0.5) is 0 Å². The quantitative estimate of drug-likeness (QED) is 0.473. The second kappa shape index (κ2) is 9.27. The fourth-order valence-corrected chi connectivity index (χ4v) is 5.74. The monoisotopic (exact) mass is 423 g/mol. The molecule has 0 bridgehead atoms. The smallest absolute Gasteiger partial charge is 0.0991 e. The number of rotatable bonds is 5. The van der Waals surface area contributed by atoms with Gasteiger partial charge in [-0.1, -0.05) is 12.1 Å². The molecular formula is C23H25N3OS2. The maximum Gasteiger partial charge on any atom is 0.0991 e. The van der Waals surface area contributed by atoms with Gasteiger partial charge in [-0.05, 0) is 71.6 Å². The molecule has 2 heterocycles. The van der Waals surface area contributed by atoms with Crippen LogP contribution in [0.3, 0.4) is 0 Å². The van der Waals surface area contributed by atoms with Crippen LogP contribution < -0.4 is 0 Å². The van der Waals surface area contributed by atoms with Gasteiger partial charge in [0, 0.05) is 36.8 Å². The van der Waals surface area contributed by atoms with E-state index in [0.29, 0.717) is 10.8 Å². The third-order valence-corrected chi connectivity index (χ3v) is 7.51. The molecule has 2 aliphatic heterocycles. The summed E-state index contributed by atoms with van der Waals surface area (Å²) in [5.41, 5.74) is 5.69. The highest BCUT2D eigenvalue weighted by atomic mass is 32.2. The van der Waals surface area contributed by atoms with E-state index in [1.807, 2.05) is 30.0 Å². The van der Waals surface area contributed by atoms with Crippen molar-refractivity contribution in [2.24, 2.45) is 0 Å². The third kappa shape index (κ3) is 4.81. The molecule has 2 aromatic carbocycles. The number of hydrogen-bond acceptors (Lipinski definition) is 6. The lowest BCUT2D eigenvalue weighted by atomic mass is 9.96. The molecule has 0 amide bonds. The highest BCUT2D eigenvalue weighted by Crippen LogP contribution is 2.39. The first-order valence-electron chi connectivity index (χ1n) is 9.84. The normalized spacial score (nSPS) is 17.2. The Bertz CT molecular complexity index is 946. The molecule has 2 aliphatic rings. The molecule has 0 atom stereocenters. The van der Waals surface area contributed by atoms with E-state index in [9.17, 15) is 5.26 Å². The SMILES string of the molecule is COSN1CCC(Sc2cc(-c3cccc(C#N)c3)cc3c2CN(C)C=C3)CC1. The van der Waals surface area contributed by atoms with Crippen LogP contribution in [0.25, 0.3) is 17.2 Å². The van der Waals surface area contributed by atoms with Crippen molar-refractivity contribution in [2.45, 2.75) is 29.5 Å². The number of nitrogens with zero attached hydrogens (tertiary/aromatic N) is 3. The molecule has 6 heteroatoms. The standard InChI is InChI=1S/C23H25N3OS2/c1-25-9-6-19-13-20(18-5-3-4-17(12-18)15-24)14-23(22(19)16-25)28-21-7-10-26(11-8-21)29-27-2/h3-6,9,12-14,21H,7-8,10-11,16H2,1-2H3. The lowest BCUT2D eigenvalue weighted by Gasteiger charge is -2.31. The van der Waals surface area contributed by atoms with E-state index in [1.165, 1.54) is 33.8 Å². The van der Waals surface area contributed by atoms with E-state index in [4.69, 9.17) is 4.18 Å². The van der Waals surface area contributed by atoms with Crippen molar-refractivity contribution in [1.29, 1.82) is 5.26 Å². The summed E-state index contributed by atoms with van der Waals surface area (Å²) in [6.45, 7) is 3.05. The van der Waals surface area contributed by atoms with Gasteiger partial charge in [-0.2, -0.15) is 5.26 Å². The molecule has 150 valence electrons. The number of hydrogen-bond donors (Lipinski definition) is 0. The molecule has 1 saturated heterocycles. The zero-order chi connectivity index (χ0) is 20.2. The van der Waals surface area contributed by atoms with Crippen LogP contribution in [0.1, 0.15) is 29.5 Å². The summed E-state index contributed by atoms with van der Waals surface area (Å²) in [5.74, 6) is 0. The van der Waals surface area contributed by atoms with Gasteiger partial charge < -0.3 is 9.08 Å². The molecule has 0 aliphatic carbocycles. The average Bonchev–Trinajstić information content (AvgIpc) is 2.75. The summed E-state index contributed by atoms with van der Waals surface area (Å²) >= 11 is 3.49. The Balaban J connectivity index is 1.63. The van der Waals surface area contributed by atoms with Gasteiger partial charge in [0.15, 0.2) is 0 Å². The molecule has 29 heavy (non-hydrogen) atoms. The molecule has 1 fully saturated rings. The van der Waals surface area contributed by atoms with Crippen LogP contribution in [0, 0.1) is 11.3 Å². The second-order valence-electron chi connectivity index (χ2n) is 7.45. The van der Waals surface area contributed by atoms with Gasteiger partial charge in [0.2, 0.25) is 0 Å². The van der Waals surface area contributed by atoms with Gasteiger partial charge in [0.25, 0.3) is 0 Å². The van der Waals surface area contributed by atoms with Crippen molar-refractivity contribution in [1.82, 2.24) is 9.21 Å². The molecule has 4 nitrogen and oxygen atoms in total. The van der Waals surface area contributed by atoms with E-state index in [0.717, 1.165) is 38.0 Å². The highest BCUT2D eigenvalue weighted by molar-refractivity contribution is 8.00. The summed E-state index contributed by atoms with van der Waals surface area (Å²) < 4.78 is 7.50. The first-order valence-corrected chi connectivity index (χ1v) is 11.4. The van der Waals surface area contributed by atoms with Gasteiger partial charge in [0.05, 0.1) is 31.0 Å². The van der Waals surface area contributed by atoms with Crippen LogP contribution in [-0.4, -0.2) is 41.7 Å². The predicted octanol–water partition coefficient (Wildman–Crippen LogP) is 5.41. The Morgan fingerprint density at radius 1 is 1.14 bits per heavy atom. The molecule has 0 saturated carbocycles. The summed E-state index contributed by atoms with van der Waals surface area (Å²) in [7, 11) is 3.85. The predicted molar refractivity (Wildman–Crippen MR) is 122 cm³/mol. The van der Waals surface area contributed by atoms with E-state index < -0.39 is 0 Å². The van der Waals surface area contributed by atoms with Crippen molar-refractivity contribution in [3.8, 4) is 17.2 Å². The lowest BCUT2D eigenvalue weighted by molar-refractivity contribution is 0.351. The van der Waals surface area contributed by atoms with Crippen molar-refractivity contribution in [3.63, 3.8) is 0 Å². The minimum absolute atomic E-state index is 0.615. The Hall–Kier alpha value is -1.91. The van der Waals surface area contributed by atoms with Crippen LogP contribution in [-0.2, 0) is 10.7 Å². The number of fused-ring (bicyclic) bond motifs is 1. The maximum atomic E-state index is 9.28. The lowest BCUT2D eigenvalue weighted by Crippen LogP contribution is -2.30. The molecule has 2 aromatic rings. The van der Waals surface area contributed by atoms with Crippen LogP contribution in [0.2, 0.25) is 0 Å². The van der Waals surface area contributed by atoms with Gasteiger partial charge >= 0.3 is 0 Å². The summed E-state index contributed by atoms with van der Waals surface area (Å²) in [4.78, 5) is 3.61. The number of thioether (sulfide) groups is 1. The van der Waals surface area contributed by atoms with Crippen LogP contribution in [0.5, 0.6) is 0 Å². The highest BCUT2D eigenvalue weighted by Gasteiger charge is 2.23. The van der Waals surface area contributed by atoms with E-state index in [-0.39, 0.29) is 0 Å². The van der Waals surface area contributed by atoms with Crippen LogP contribution in [0.15, 0.2) is 47.5 Å². The molecule has 0 unspecified atom stereocenters. The van der Waals surface area contributed by atoms with E-state index in [2.05, 4.69) is 52.8 Å². The average molecular weight is 424 g/mol. The van der Waals surface area contributed by atoms with E-state index in [1.54, 1.807) is 7.11 Å². The number of piperidine rings is 1. The minimum Gasteiger partial charge on any atom is -0.376 e. The van der Waals surface area contributed by atoms with Gasteiger partial charge in [0.1, 0.15) is 0 Å². The second-order valence-corrected chi connectivity index (χ2v) is 9.79. The van der Waals surface area contributed by atoms with Gasteiger partial charge in [-0.3, -0.25) is 0 Å². The Morgan fingerprint density at radius 2 is 1.97 bits per heavy atom. The zero-order valence-corrected chi connectivity index (χ0v) is 18.4. The molecule has 4 rings (SSSR count). The van der Waals surface area contributed by atoms with Crippen molar-refractivity contribution < 1.29 is 4.18 Å². The van der Waals surface area contributed by atoms with Gasteiger partial charge in [-0.15, -0.1) is 11.8 Å². The molecule has 0 radical (unpaired) electrons. The Labute approximate surface area is 181 Å². The number of benzene rings is 2. The van der Waals surface area contributed by atoms with E-state index >= 15 is 0 Å². The first kappa shape index (κ1) is 20.4. The minimum atomic E-state index is 0.615. The largest absolute Gasteiger partial charge is 0.376 e. The molecular weight excluding hydrogens is 398 g/mol. The van der Waals surface area contributed by atoms with Crippen LogP contribution >= 0.6 is 24.0 Å². The Morgan fingerprint density at radius 3 is 2.72 bits per heavy atom. The first-order chi connectivity index (χ1) is 14.2. The molecule has 0 aromatic heterocycles. The fourth-order valence-electron chi connectivity index (χ4n) is 3.84. The number of nitriles is 1.